The van der Waals surface area contributed by atoms with Gasteiger partial charge in [-0.2, -0.15) is 0 Å². The van der Waals surface area contributed by atoms with Crippen LogP contribution in [-0.4, -0.2) is 23.9 Å². The molecule has 0 aliphatic carbocycles. The van der Waals surface area contributed by atoms with E-state index in [9.17, 15) is 0 Å². The predicted molar refractivity (Wildman–Crippen MR) is 42.3 cm³/mol. The molecule has 0 aliphatic heterocycles. The molecule has 0 aliphatic rings. The molecule has 54 valence electrons. The van der Waals surface area contributed by atoms with Gasteiger partial charge < -0.3 is 15.6 Å². The Morgan fingerprint density at radius 3 is 1.89 bits per heavy atom. The fourth-order valence-corrected chi connectivity index (χ4v) is 2.20. The minimum Gasteiger partial charge on any atom is -0.455 e. The first-order valence-corrected chi connectivity index (χ1v) is 7.26. The third-order valence-electron chi connectivity index (χ3n) is 0.501. The zero-order valence-corrected chi connectivity index (χ0v) is 8.14. The van der Waals surface area contributed by atoms with Gasteiger partial charge in [0.25, 0.3) is 9.76 Å². The van der Waals surface area contributed by atoms with Gasteiger partial charge in [-0.15, -0.1) is 0 Å². The van der Waals surface area contributed by atoms with Crippen molar-refractivity contribution in [1.29, 1.82) is 0 Å². The molecule has 0 spiro atoms. The molecule has 0 rings (SSSR count). The summed E-state index contributed by atoms with van der Waals surface area (Å²) in [4.78, 5) is 0. The summed E-state index contributed by atoms with van der Waals surface area (Å²) in [6.07, 6.45) is 0. The summed E-state index contributed by atoms with van der Waals surface area (Å²) in [6.45, 7) is 6.34. The smallest absolute Gasteiger partial charge is 0.251 e. The molecule has 0 saturated carbocycles. The van der Waals surface area contributed by atoms with Gasteiger partial charge >= 0.3 is 0 Å². The van der Waals surface area contributed by atoms with Crippen molar-refractivity contribution in [3.05, 3.63) is 0 Å². The molecular formula is C4H14N2OSi2. The molecule has 5 heteroatoms. The van der Waals surface area contributed by atoms with Crippen LogP contribution in [-0.2, 0) is 4.12 Å². The molecule has 3 nitrogen and oxygen atoms in total. The van der Waals surface area contributed by atoms with Crippen LogP contribution < -0.4 is 11.5 Å². The van der Waals surface area contributed by atoms with Gasteiger partial charge in [0.15, 0.2) is 8.32 Å². The number of nitrogens with two attached hydrogens (primary N) is 2. The van der Waals surface area contributed by atoms with E-state index in [1.807, 2.05) is 0 Å². The standard InChI is InChI=1S/C4H14N2OSi2/c1-9(2,3)7-8-4(5)6/h4H,5-6H2,1-3H3. The molecule has 0 fully saturated rings. The third-order valence-corrected chi connectivity index (χ3v) is 3.69. The van der Waals surface area contributed by atoms with Gasteiger partial charge in [0.1, 0.15) is 0 Å². The van der Waals surface area contributed by atoms with Crippen LogP contribution in [0.5, 0.6) is 0 Å². The molecule has 0 atom stereocenters. The van der Waals surface area contributed by atoms with Gasteiger partial charge in [-0.3, -0.25) is 0 Å². The second-order valence-electron chi connectivity index (χ2n) is 2.86. The van der Waals surface area contributed by atoms with E-state index in [0.717, 1.165) is 0 Å². The highest BCUT2D eigenvalue weighted by molar-refractivity contribution is 6.74. The SMILES string of the molecule is C[Si](C)(C)O[Si]C(N)N. The van der Waals surface area contributed by atoms with Crippen molar-refractivity contribution in [2.75, 3.05) is 0 Å². The molecule has 0 heterocycles. The van der Waals surface area contributed by atoms with Gasteiger partial charge in [0, 0.05) is 0 Å². The lowest BCUT2D eigenvalue weighted by Crippen LogP contribution is -2.43. The van der Waals surface area contributed by atoms with Gasteiger partial charge in [0.05, 0.1) is 5.79 Å². The second kappa shape index (κ2) is 3.47. The zero-order chi connectivity index (χ0) is 7.49. The summed E-state index contributed by atoms with van der Waals surface area (Å²) in [5.74, 6) is -0.295. The van der Waals surface area contributed by atoms with Crippen molar-refractivity contribution in [3.8, 4) is 0 Å². The monoisotopic (exact) mass is 162 g/mol. The molecule has 0 bridgehead atoms. The molecule has 0 aromatic rings. The third kappa shape index (κ3) is 8.31. The van der Waals surface area contributed by atoms with Gasteiger partial charge in [-0.25, -0.2) is 0 Å². The van der Waals surface area contributed by atoms with Crippen LogP contribution in [0.3, 0.4) is 0 Å². The zero-order valence-electron chi connectivity index (χ0n) is 6.14. The number of hydrogen-bond acceptors (Lipinski definition) is 3. The molecule has 0 unspecified atom stereocenters. The van der Waals surface area contributed by atoms with Crippen LogP contribution in [0.4, 0.5) is 0 Å². The van der Waals surface area contributed by atoms with Crippen molar-refractivity contribution in [1.82, 2.24) is 0 Å². The van der Waals surface area contributed by atoms with Gasteiger partial charge in [0.2, 0.25) is 0 Å². The molecule has 2 radical (unpaired) electrons. The van der Waals surface area contributed by atoms with Crippen LogP contribution in [0.2, 0.25) is 19.6 Å². The van der Waals surface area contributed by atoms with E-state index < -0.39 is 8.32 Å². The Balaban J connectivity index is 3.28. The quantitative estimate of drug-likeness (QED) is 0.441. The summed E-state index contributed by atoms with van der Waals surface area (Å²) in [5, 5.41) is 0. The largest absolute Gasteiger partial charge is 0.455 e. The van der Waals surface area contributed by atoms with Crippen molar-refractivity contribution < 1.29 is 4.12 Å². The van der Waals surface area contributed by atoms with E-state index in [-0.39, 0.29) is 15.6 Å². The topological polar surface area (TPSA) is 61.3 Å². The Kier molecular flexibility index (Phi) is 3.60. The highest BCUT2D eigenvalue weighted by Gasteiger charge is 2.14. The summed E-state index contributed by atoms with van der Waals surface area (Å²) in [6, 6.07) is 0. The van der Waals surface area contributed by atoms with Crippen LogP contribution in [0.25, 0.3) is 0 Å². The minimum absolute atomic E-state index is 0.257. The van der Waals surface area contributed by atoms with Crippen molar-refractivity contribution in [2.45, 2.75) is 25.4 Å². The van der Waals surface area contributed by atoms with Crippen LogP contribution in [0.1, 0.15) is 0 Å². The van der Waals surface area contributed by atoms with Crippen LogP contribution in [0, 0.1) is 0 Å². The summed E-state index contributed by atoms with van der Waals surface area (Å²) >= 11 is 0. The summed E-state index contributed by atoms with van der Waals surface area (Å²) < 4.78 is 5.41. The van der Waals surface area contributed by atoms with Crippen LogP contribution >= 0.6 is 0 Å². The molecule has 0 aromatic heterocycles. The normalized spacial score (nSPS) is 12.7. The van der Waals surface area contributed by atoms with Crippen molar-refractivity contribution >= 4 is 18.1 Å². The lowest BCUT2D eigenvalue weighted by molar-refractivity contribution is 0.578. The Morgan fingerprint density at radius 1 is 1.33 bits per heavy atom. The Hall–Kier alpha value is 0.314. The average Bonchev–Trinajstić information content (AvgIpc) is 1.59. The first-order valence-electron chi connectivity index (χ1n) is 2.86. The Labute approximate surface area is 59.8 Å². The van der Waals surface area contributed by atoms with Crippen molar-refractivity contribution in [2.24, 2.45) is 11.5 Å². The molecule has 4 N–H and O–H groups in total. The molecule has 0 amide bonds. The second-order valence-corrected chi connectivity index (χ2v) is 8.80. The van der Waals surface area contributed by atoms with Gasteiger partial charge in [-0.05, 0) is 19.6 Å². The number of rotatable bonds is 3. The predicted octanol–water partition coefficient (Wildman–Crippen LogP) is -0.342. The fourth-order valence-electron chi connectivity index (χ4n) is 0.245. The van der Waals surface area contributed by atoms with Crippen molar-refractivity contribution in [3.63, 3.8) is 0 Å². The van der Waals surface area contributed by atoms with E-state index >= 15 is 0 Å². The molecule has 0 aromatic carbocycles. The highest BCUT2D eigenvalue weighted by Crippen LogP contribution is 1.99. The van der Waals surface area contributed by atoms with Gasteiger partial charge in [-0.1, -0.05) is 0 Å². The maximum atomic E-state index is 5.41. The summed E-state index contributed by atoms with van der Waals surface area (Å²) in [7, 11) is -1.11. The maximum absolute atomic E-state index is 5.41. The molecule has 0 saturated heterocycles. The van der Waals surface area contributed by atoms with E-state index in [1.54, 1.807) is 0 Å². The lowest BCUT2D eigenvalue weighted by Gasteiger charge is -2.17. The maximum Gasteiger partial charge on any atom is 0.251 e. The molecule has 9 heavy (non-hydrogen) atoms. The first kappa shape index (κ1) is 9.31. The van der Waals surface area contributed by atoms with E-state index in [2.05, 4.69) is 19.6 Å². The Morgan fingerprint density at radius 2 is 1.78 bits per heavy atom. The molecular weight excluding hydrogens is 148 g/mol. The van der Waals surface area contributed by atoms with E-state index in [0.29, 0.717) is 0 Å². The summed E-state index contributed by atoms with van der Waals surface area (Å²) in [5.41, 5.74) is 10.6. The van der Waals surface area contributed by atoms with E-state index in [1.165, 1.54) is 0 Å². The number of hydrogen-bond donors (Lipinski definition) is 2. The average molecular weight is 162 g/mol. The highest BCUT2D eigenvalue weighted by atomic mass is 28.4. The van der Waals surface area contributed by atoms with E-state index in [4.69, 9.17) is 15.6 Å². The minimum atomic E-state index is -1.37. The Bertz CT molecular complexity index is 81.1. The fraction of sp³-hybridized carbons (Fsp3) is 1.00. The lowest BCUT2D eigenvalue weighted by atomic mass is 11.2. The first-order chi connectivity index (χ1) is 3.92. The van der Waals surface area contributed by atoms with Crippen LogP contribution in [0.15, 0.2) is 0 Å².